The third kappa shape index (κ3) is 2.96. The first kappa shape index (κ1) is 14.9. The van der Waals surface area contributed by atoms with Gasteiger partial charge in [-0.05, 0) is 48.2 Å². The van der Waals surface area contributed by atoms with E-state index in [4.69, 9.17) is 22.2 Å². The first-order chi connectivity index (χ1) is 9.56. The molecule has 0 aliphatic carbocycles. The van der Waals surface area contributed by atoms with Crippen LogP contribution in [0.1, 0.15) is 28.3 Å². The Labute approximate surface area is 124 Å². The number of hydrogen-bond acceptors (Lipinski definition) is 3. The molecule has 4 heteroatoms. The van der Waals surface area contributed by atoms with Gasteiger partial charge in [-0.25, -0.2) is 5.43 Å². The van der Waals surface area contributed by atoms with E-state index in [1.54, 1.807) is 7.11 Å². The third-order valence-corrected chi connectivity index (χ3v) is 3.87. The quantitative estimate of drug-likeness (QED) is 0.669. The van der Waals surface area contributed by atoms with Crippen molar-refractivity contribution < 1.29 is 4.74 Å². The number of benzene rings is 2. The lowest BCUT2D eigenvalue weighted by Crippen LogP contribution is -2.28. The van der Waals surface area contributed by atoms with E-state index in [-0.39, 0.29) is 6.04 Å². The Kier molecular flexibility index (Phi) is 4.65. The summed E-state index contributed by atoms with van der Waals surface area (Å²) in [5.41, 5.74) is 7.04. The number of hydrogen-bond donors (Lipinski definition) is 2. The number of nitrogens with one attached hydrogen (secondary N) is 1. The van der Waals surface area contributed by atoms with Crippen molar-refractivity contribution in [1.29, 1.82) is 0 Å². The van der Waals surface area contributed by atoms with Crippen molar-refractivity contribution in [3.63, 3.8) is 0 Å². The maximum Gasteiger partial charge on any atom is 0.122 e. The third-order valence-electron chi connectivity index (χ3n) is 3.46. The molecule has 3 N–H and O–H groups in total. The second-order valence-electron chi connectivity index (χ2n) is 4.84. The molecule has 0 saturated heterocycles. The first-order valence-electron chi connectivity index (χ1n) is 6.43. The number of ether oxygens (including phenoxy) is 1. The molecule has 2 aromatic carbocycles. The van der Waals surface area contributed by atoms with Crippen molar-refractivity contribution in [2.45, 2.75) is 19.9 Å². The van der Waals surface area contributed by atoms with Crippen molar-refractivity contribution in [2.75, 3.05) is 7.11 Å². The van der Waals surface area contributed by atoms with Gasteiger partial charge in [-0.1, -0.05) is 35.9 Å². The molecule has 2 rings (SSSR count). The van der Waals surface area contributed by atoms with E-state index in [1.165, 1.54) is 0 Å². The lowest BCUT2D eigenvalue weighted by Gasteiger charge is -2.19. The Morgan fingerprint density at radius 1 is 1.05 bits per heavy atom. The fraction of sp³-hybridized carbons (Fsp3) is 0.250. The molecule has 0 spiro atoms. The zero-order chi connectivity index (χ0) is 14.7. The van der Waals surface area contributed by atoms with Crippen LogP contribution in [0.25, 0.3) is 0 Å². The van der Waals surface area contributed by atoms with E-state index in [0.29, 0.717) is 0 Å². The summed E-state index contributed by atoms with van der Waals surface area (Å²) < 4.78 is 5.36. The van der Waals surface area contributed by atoms with Gasteiger partial charge in [0.1, 0.15) is 5.75 Å². The molecule has 0 bridgehead atoms. The monoisotopic (exact) mass is 290 g/mol. The van der Waals surface area contributed by atoms with Crippen LogP contribution in [0, 0.1) is 13.8 Å². The fourth-order valence-corrected chi connectivity index (χ4v) is 2.38. The highest BCUT2D eigenvalue weighted by Crippen LogP contribution is 2.29. The average molecular weight is 291 g/mol. The van der Waals surface area contributed by atoms with Crippen LogP contribution in [0.15, 0.2) is 36.4 Å². The maximum absolute atomic E-state index is 6.19. The minimum absolute atomic E-state index is 0.123. The Morgan fingerprint density at radius 2 is 1.65 bits per heavy atom. The molecular weight excluding hydrogens is 272 g/mol. The largest absolute Gasteiger partial charge is 0.496 e. The normalized spacial score (nSPS) is 12.2. The summed E-state index contributed by atoms with van der Waals surface area (Å²) in [6.45, 7) is 3.99. The van der Waals surface area contributed by atoms with Crippen molar-refractivity contribution in [3.8, 4) is 5.75 Å². The zero-order valence-corrected chi connectivity index (χ0v) is 12.7. The first-order valence-corrected chi connectivity index (χ1v) is 6.81. The van der Waals surface area contributed by atoms with Gasteiger partial charge in [0.05, 0.1) is 13.2 Å². The van der Waals surface area contributed by atoms with Crippen LogP contribution in [0.5, 0.6) is 5.75 Å². The van der Waals surface area contributed by atoms with Crippen LogP contribution in [0.4, 0.5) is 0 Å². The van der Waals surface area contributed by atoms with Gasteiger partial charge in [0.25, 0.3) is 0 Å². The summed E-state index contributed by atoms with van der Waals surface area (Å²) >= 11 is 6.19. The summed E-state index contributed by atoms with van der Waals surface area (Å²) in [5, 5.41) is 0.738. The molecule has 1 unspecified atom stereocenters. The zero-order valence-electron chi connectivity index (χ0n) is 11.9. The van der Waals surface area contributed by atoms with Crippen LogP contribution < -0.4 is 16.0 Å². The number of aryl methyl sites for hydroxylation is 2. The van der Waals surface area contributed by atoms with Gasteiger partial charge in [-0.2, -0.15) is 0 Å². The molecule has 0 radical (unpaired) electrons. The molecule has 106 valence electrons. The predicted molar refractivity (Wildman–Crippen MR) is 83.1 cm³/mol. The SMILES string of the molecule is COc1cc(C(NN)c2ccc(C)c(Cl)c2)ccc1C. The summed E-state index contributed by atoms with van der Waals surface area (Å²) in [4.78, 5) is 0. The van der Waals surface area contributed by atoms with Crippen molar-refractivity contribution >= 4 is 11.6 Å². The van der Waals surface area contributed by atoms with Gasteiger partial charge in [0.2, 0.25) is 0 Å². The van der Waals surface area contributed by atoms with Gasteiger partial charge in [0, 0.05) is 5.02 Å². The number of rotatable bonds is 4. The Hall–Kier alpha value is -1.55. The van der Waals surface area contributed by atoms with Crippen LogP contribution in [0.2, 0.25) is 5.02 Å². The van der Waals surface area contributed by atoms with Gasteiger partial charge < -0.3 is 4.74 Å². The molecule has 0 amide bonds. The highest BCUT2D eigenvalue weighted by molar-refractivity contribution is 6.31. The van der Waals surface area contributed by atoms with Crippen LogP contribution in [-0.2, 0) is 0 Å². The summed E-state index contributed by atoms with van der Waals surface area (Å²) in [6, 6.07) is 11.9. The fourth-order valence-electron chi connectivity index (χ4n) is 2.19. The van der Waals surface area contributed by atoms with E-state index in [2.05, 4.69) is 5.43 Å². The van der Waals surface area contributed by atoms with Crippen molar-refractivity contribution in [2.24, 2.45) is 5.84 Å². The lowest BCUT2D eigenvalue weighted by molar-refractivity contribution is 0.410. The second-order valence-corrected chi connectivity index (χ2v) is 5.24. The molecule has 3 nitrogen and oxygen atoms in total. The minimum Gasteiger partial charge on any atom is -0.496 e. The lowest BCUT2D eigenvalue weighted by atomic mass is 9.97. The molecule has 2 aromatic rings. The summed E-state index contributed by atoms with van der Waals surface area (Å²) in [6.07, 6.45) is 0. The molecule has 0 saturated carbocycles. The topological polar surface area (TPSA) is 47.3 Å². The highest BCUT2D eigenvalue weighted by atomic mass is 35.5. The molecule has 20 heavy (non-hydrogen) atoms. The summed E-state index contributed by atoms with van der Waals surface area (Å²) in [5.74, 6) is 6.57. The summed E-state index contributed by atoms with van der Waals surface area (Å²) in [7, 11) is 1.67. The van der Waals surface area contributed by atoms with Crippen LogP contribution >= 0.6 is 11.6 Å². The Bertz CT molecular complexity index is 613. The van der Waals surface area contributed by atoms with Gasteiger partial charge in [0.15, 0.2) is 0 Å². The Balaban J connectivity index is 2.43. The molecule has 1 atom stereocenters. The van der Waals surface area contributed by atoms with Crippen LogP contribution in [-0.4, -0.2) is 7.11 Å². The van der Waals surface area contributed by atoms with Gasteiger partial charge in [-0.15, -0.1) is 0 Å². The van der Waals surface area contributed by atoms with E-state index in [0.717, 1.165) is 33.0 Å². The second kappa shape index (κ2) is 6.27. The molecule has 0 aliphatic heterocycles. The van der Waals surface area contributed by atoms with Crippen molar-refractivity contribution in [3.05, 3.63) is 63.7 Å². The van der Waals surface area contributed by atoms with Crippen LogP contribution in [0.3, 0.4) is 0 Å². The smallest absolute Gasteiger partial charge is 0.122 e. The molecule has 0 aliphatic rings. The average Bonchev–Trinajstić information content (AvgIpc) is 2.45. The maximum atomic E-state index is 6.19. The minimum atomic E-state index is -0.123. The van der Waals surface area contributed by atoms with E-state index >= 15 is 0 Å². The number of nitrogens with two attached hydrogens (primary N) is 1. The standard InChI is InChI=1S/C16H19ClN2O/c1-10-4-6-12(8-14(10)17)16(19-18)13-7-5-11(2)15(9-13)20-3/h4-9,16,19H,18H2,1-3H3. The number of methoxy groups -OCH3 is 1. The number of halogens is 1. The molecular formula is C16H19ClN2O. The van der Waals surface area contributed by atoms with E-state index in [9.17, 15) is 0 Å². The van der Waals surface area contributed by atoms with E-state index < -0.39 is 0 Å². The Morgan fingerprint density at radius 3 is 2.20 bits per heavy atom. The van der Waals surface area contributed by atoms with Crippen molar-refractivity contribution in [1.82, 2.24) is 5.43 Å². The molecule has 0 heterocycles. The van der Waals surface area contributed by atoms with Gasteiger partial charge in [-0.3, -0.25) is 5.84 Å². The number of hydrazine groups is 1. The molecule has 0 fully saturated rings. The van der Waals surface area contributed by atoms with E-state index in [1.807, 2.05) is 50.2 Å². The predicted octanol–water partition coefficient (Wildman–Crippen LogP) is 3.52. The van der Waals surface area contributed by atoms with Gasteiger partial charge >= 0.3 is 0 Å². The highest BCUT2D eigenvalue weighted by Gasteiger charge is 2.14. The molecule has 0 aromatic heterocycles.